The van der Waals surface area contributed by atoms with Gasteiger partial charge in [0.15, 0.2) is 0 Å². The Morgan fingerprint density at radius 3 is 2.56 bits per heavy atom. The van der Waals surface area contributed by atoms with E-state index in [1.807, 2.05) is 0 Å². The van der Waals surface area contributed by atoms with Crippen LogP contribution < -0.4 is 5.73 Å². The molecule has 1 amide bonds. The van der Waals surface area contributed by atoms with Crippen LogP contribution in [-0.4, -0.2) is 53.5 Å². The first kappa shape index (κ1) is 12.4. The highest BCUT2D eigenvalue weighted by atomic mass is 16.2. The molecule has 2 saturated heterocycles. The smallest absolute Gasteiger partial charge is 0.242 e. The SMILES string of the molecule is CN1C2CCC1CN(C(=O)C1(N)CCCC1)CC2. The van der Waals surface area contributed by atoms with Gasteiger partial charge in [-0.3, -0.25) is 9.69 Å². The van der Waals surface area contributed by atoms with Crippen LogP contribution in [-0.2, 0) is 4.79 Å². The van der Waals surface area contributed by atoms with Crippen molar-refractivity contribution in [3.05, 3.63) is 0 Å². The number of hydrogen-bond donors (Lipinski definition) is 1. The second-order valence-corrected chi connectivity index (χ2v) is 6.45. The first-order valence-electron chi connectivity index (χ1n) is 7.40. The molecule has 4 nitrogen and oxygen atoms in total. The molecule has 0 aromatic heterocycles. The molecule has 2 heterocycles. The van der Waals surface area contributed by atoms with E-state index in [1.165, 1.54) is 12.8 Å². The maximum atomic E-state index is 12.6. The van der Waals surface area contributed by atoms with Crippen molar-refractivity contribution in [1.29, 1.82) is 0 Å². The number of carbonyl (C=O) groups is 1. The van der Waals surface area contributed by atoms with Gasteiger partial charge in [0, 0.05) is 25.2 Å². The van der Waals surface area contributed by atoms with Crippen molar-refractivity contribution in [3.8, 4) is 0 Å². The lowest BCUT2D eigenvalue weighted by Gasteiger charge is -2.32. The molecule has 3 fully saturated rings. The van der Waals surface area contributed by atoms with Gasteiger partial charge < -0.3 is 10.6 Å². The van der Waals surface area contributed by atoms with Gasteiger partial charge in [0.05, 0.1) is 5.54 Å². The van der Waals surface area contributed by atoms with Gasteiger partial charge in [-0.1, -0.05) is 12.8 Å². The lowest BCUT2D eigenvalue weighted by Crippen LogP contribution is -2.55. The summed E-state index contributed by atoms with van der Waals surface area (Å²) in [5, 5.41) is 0. The summed E-state index contributed by atoms with van der Waals surface area (Å²) in [5.74, 6) is 0.223. The minimum Gasteiger partial charge on any atom is -0.339 e. The second-order valence-electron chi connectivity index (χ2n) is 6.45. The van der Waals surface area contributed by atoms with Crippen LogP contribution in [0.25, 0.3) is 0 Å². The van der Waals surface area contributed by atoms with Gasteiger partial charge in [-0.2, -0.15) is 0 Å². The van der Waals surface area contributed by atoms with Crippen molar-refractivity contribution in [2.24, 2.45) is 5.73 Å². The predicted molar refractivity (Wildman–Crippen MR) is 71.2 cm³/mol. The monoisotopic (exact) mass is 251 g/mol. The molecule has 2 aliphatic heterocycles. The maximum absolute atomic E-state index is 12.6. The number of likely N-dealkylation sites (N-methyl/N-ethyl adjacent to an activating group) is 1. The molecule has 0 radical (unpaired) electrons. The van der Waals surface area contributed by atoms with Crippen LogP contribution in [0, 0.1) is 0 Å². The van der Waals surface area contributed by atoms with E-state index in [0.717, 1.165) is 45.2 Å². The van der Waals surface area contributed by atoms with Crippen molar-refractivity contribution >= 4 is 5.91 Å². The molecule has 3 aliphatic rings. The second kappa shape index (κ2) is 4.49. The number of carbonyl (C=O) groups excluding carboxylic acids is 1. The van der Waals surface area contributed by atoms with Gasteiger partial charge in [-0.25, -0.2) is 0 Å². The summed E-state index contributed by atoms with van der Waals surface area (Å²) in [4.78, 5) is 17.2. The number of rotatable bonds is 1. The topological polar surface area (TPSA) is 49.6 Å². The van der Waals surface area contributed by atoms with Crippen molar-refractivity contribution < 1.29 is 4.79 Å². The lowest BCUT2D eigenvalue weighted by atomic mass is 9.96. The highest BCUT2D eigenvalue weighted by molar-refractivity contribution is 5.86. The quantitative estimate of drug-likeness (QED) is 0.755. The van der Waals surface area contributed by atoms with Crippen LogP contribution in [0.15, 0.2) is 0 Å². The molecule has 0 aromatic rings. The fraction of sp³-hybridized carbons (Fsp3) is 0.929. The Hall–Kier alpha value is -0.610. The average Bonchev–Trinajstić information content (AvgIpc) is 2.85. The molecule has 1 saturated carbocycles. The highest BCUT2D eigenvalue weighted by Gasteiger charge is 2.43. The van der Waals surface area contributed by atoms with Gasteiger partial charge in [0.25, 0.3) is 0 Å². The van der Waals surface area contributed by atoms with Gasteiger partial charge in [0.1, 0.15) is 0 Å². The third-order valence-corrected chi connectivity index (χ3v) is 5.36. The molecular weight excluding hydrogens is 226 g/mol. The van der Waals surface area contributed by atoms with Crippen LogP contribution in [0.2, 0.25) is 0 Å². The highest BCUT2D eigenvalue weighted by Crippen LogP contribution is 2.32. The first-order valence-corrected chi connectivity index (χ1v) is 7.40. The Bertz CT molecular complexity index is 338. The van der Waals surface area contributed by atoms with Crippen molar-refractivity contribution in [2.75, 3.05) is 20.1 Å². The van der Waals surface area contributed by atoms with E-state index < -0.39 is 5.54 Å². The summed E-state index contributed by atoms with van der Waals surface area (Å²) in [7, 11) is 2.21. The van der Waals surface area contributed by atoms with Crippen molar-refractivity contribution in [3.63, 3.8) is 0 Å². The summed E-state index contributed by atoms with van der Waals surface area (Å²) in [6, 6.07) is 1.25. The fourth-order valence-corrected chi connectivity index (χ4v) is 4.03. The third-order valence-electron chi connectivity index (χ3n) is 5.36. The Morgan fingerprint density at radius 1 is 1.17 bits per heavy atom. The number of likely N-dealkylation sites (tertiary alicyclic amines) is 1. The molecule has 2 unspecified atom stereocenters. The Morgan fingerprint density at radius 2 is 1.83 bits per heavy atom. The number of fused-ring (bicyclic) bond motifs is 2. The van der Waals surface area contributed by atoms with Gasteiger partial charge >= 0.3 is 0 Å². The Balaban J connectivity index is 1.71. The van der Waals surface area contributed by atoms with Gasteiger partial charge in [-0.15, -0.1) is 0 Å². The van der Waals surface area contributed by atoms with E-state index in [1.54, 1.807) is 0 Å². The third kappa shape index (κ3) is 1.95. The van der Waals surface area contributed by atoms with E-state index in [0.29, 0.717) is 12.1 Å². The van der Waals surface area contributed by atoms with Crippen LogP contribution in [0.3, 0.4) is 0 Å². The van der Waals surface area contributed by atoms with E-state index >= 15 is 0 Å². The standard InChI is InChI=1S/C14H25N3O/c1-16-11-4-5-12(16)10-17(9-6-11)13(18)14(15)7-2-3-8-14/h11-12H,2-10,15H2,1H3. The molecule has 2 bridgehead atoms. The number of nitrogens with two attached hydrogens (primary N) is 1. The lowest BCUT2D eigenvalue weighted by molar-refractivity contribution is -0.137. The zero-order valence-electron chi connectivity index (χ0n) is 11.4. The zero-order valence-corrected chi connectivity index (χ0v) is 11.4. The van der Waals surface area contributed by atoms with Crippen molar-refractivity contribution in [2.45, 2.75) is 62.6 Å². The predicted octanol–water partition coefficient (Wildman–Crippen LogP) is 0.953. The van der Waals surface area contributed by atoms with E-state index in [2.05, 4.69) is 16.8 Å². The first-order chi connectivity index (χ1) is 8.60. The summed E-state index contributed by atoms with van der Waals surface area (Å²) in [5.41, 5.74) is 5.77. The molecule has 0 aromatic carbocycles. The number of amides is 1. The summed E-state index contributed by atoms with van der Waals surface area (Å²) >= 11 is 0. The van der Waals surface area contributed by atoms with Gasteiger partial charge in [0.2, 0.25) is 5.91 Å². The van der Waals surface area contributed by atoms with E-state index in [9.17, 15) is 4.79 Å². The largest absolute Gasteiger partial charge is 0.339 e. The molecule has 1 aliphatic carbocycles. The van der Waals surface area contributed by atoms with Crippen LogP contribution in [0.5, 0.6) is 0 Å². The van der Waals surface area contributed by atoms with Crippen LogP contribution in [0.4, 0.5) is 0 Å². The Labute approximate surface area is 109 Å². The van der Waals surface area contributed by atoms with Crippen LogP contribution >= 0.6 is 0 Å². The molecule has 18 heavy (non-hydrogen) atoms. The number of nitrogens with zero attached hydrogens (tertiary/aromatic N) is 2. The summed E-state index contributed by atoms with van der Waals surface area (Å²) < 4.78 is 0. The van der Waals surface area contributed by atoms with E-state index in [4.69, 9.17) is 5.73 Å². The molecule has 4 heteroatoms. The zero-order chi connectivity index (χ0) is 12.8. The minimum absolute atomic E-state index is 0.223. The minimum atomic E-state index is -0.540. The van der Waals surface area contributed by atoms with Crippen LogP contribution in [0.1, 0.15) is 44.9 Å². The fourth-order valence-electron chi connectivity index (χ4n) is 4.03. The molecule has 0 spiro atoms. The summed E-state index contributed by atoms with van der Waals surface area (Å²) in [6.45, 7) is 1.80. The van der Waals surface area contributed by atoms with E-state index in [-0.39, 0.29) is 5.91 Å². The maximum Gasteiger partial charge on any atom is 0.242 e. The average molecular weight is 251 g/mol. The van der Waals surface area contributed by atoms with Gasteiger partial charge in [-0.05, 0) is 39.2 Å². The molecule has 102 valence electrons. The summed E-state index contributed by atoms with van der Waals surface area (Å²) in [6.07, 6.45) is 7.65. The molecule has 3 rings (SSSR count). The normalized spacial score (nSPS) is 35.8. The molecular formula is C14H25N3O. The molecule has 2 N–H and O–H groups in total. The molecule has 2 atom stereocenters. The number of hydrogen-bond acceptors (Lipinski definition) is 3. The van der Waals surface area contributed by atoms with Crippen molar-refractivity contribution in [1.82, 2.24) is 9.80 Å². The Kier molecular flexibility index (Phi) is 3.10.